The van der Waals surface area contributed by atoms with Gasteiger partial charge in [-0.15, -0.1) is 0 Å². The summed E-state index contributed by atoms with van der Waals surface area (Å²) in [6.45, 7) is 1.12. The molecule has 1 aliphatic rings. The van der Waals surface area contributed by atoms with E-state index in [1.807, 2.05) is 30.3 Å². The maximum atomic E-state index is 13.0. The van der Waals surface area contributed by atoms with Crippen LogP contribution in [0.1, 0.15) is 27.9 Å². The van der Waals surface area contributed by atoms with Gasteiger partial charge in [-0.3, -0.25) is 4.79 Å². The van der Waals surface area contributed by atoms with Crippen LogP contribution >= 0.6 is 0 Å². The summed E-state index contributed by atoms with van der Waals surface area (Å²) < 4.78 is 28.7. The van der Waals surface area contributed by atoms with Crippen molar-refractivity contribution < 1.29 is 17.9 Å². The number of methoxy groups -OCH3 is 1. The van der Waals surface area contributed by atoms with Crippen molar-refractivity contribution in [2.75, 3.05) is 13.7 Å². The fraction of sp³-hybridized carbons (Fsp3) is 0.278. The molecule has 2 N–H and O–H groups in total. The average molecular weight is 360 g/mol. The second kappa shape index (κ2) is 6.85. The number of aryl methyl sites for hydroxylation is 1. The quantitative estimate of drug-likeness (QED) is 0.902. The third-order valence-electron chi connectivity index (χ3n) is 4.30. The number of sulfonamides is 1. The predicted molar refractivity (Wildman–Crippen MR) is 93.9 cm³/mol. The summed E-state index contributed by atoms with van der Waals surface area (Å²) in [6, 6.07) is 12.7. The molecule has 1 heterocycles. The lowest BCUT2D eigenvalue weighted by molar-refractivity contribution is 0.0748. The molecule has 0 atom stereocenters. The predicted octanol–water partition coefficient (Wildman–Crippen LogP) is 1.93. The summed E-state index contributed by atoms with van der Waals surface area (Å²) in [5, 5.41) is 5.27. The van der Waals surface area contributed by atoms with Crippen LogP contribution in [0.2, 0.25) is 0 Å². The molecule has 0 spiro atoms. The molecule has 132 valence electrons. The zero-order valence-corrected chi connectivity index (χ0v) is 14.8. The van der Waals surface area contributed by atoms with E-state index in [9.17, 15) is 13.2 Å². The molecule has 0 unspecified atom stereocenters. The van der Waals surface area contributed by atoms with Gasteiger partial charge >= 0.3 is 0 Å². The van der Waals surface area contributed by atoms with Crippen molar-refractivity contribution in [3.8, 4) is 5.75 Å². The molecule has 0 saturated heterocycles. The highest BCUT2D eigenvalue weighted by Gasteiger charge is 2.26. The number of rotatable bonds is 4. The first kappa shape index (κ1) is 17.4. The summed E-state index contributed by atoms with van der Waals surface area (Å²) >= 11 is 0. The van der Waals surface area contributed by atoms with Gasteiger partial charge in [0.25, 0.3) is 5.91 Å². The number of hydrogen-bond donors (Lipinski definition) is 1. The van der Waals surface area contributed by atoms with Crippen molar-refractivity contribution in [2.24, 2.45) is 5.14 Å². The minimum Gasteiger partial charge on any atom is -0.495 e. The Morgan fingerprint density at radius 2 is 1.92 bits per heavy atom. The number of amides is 1. The van der Waals surface area contributed by atoms with Crippen LogP contribution in [0.5, 0.6) is 5.75 Å². The lowest BCUT2D eigenvalue weighted by atomic mass is 10.0. The van der Waals surface area contributed by atoms with Crippen molar-refractivity contribution in [1.29, 1.82) is 0 Å². The lowest BCUT2D eigenvalue weighted by Gasteiger charge is -2.21. The van der Waals surface area contributed by atoms with Gasteiger partial charge in [0.2, 0.25) is 10.0 Å². The summed E-state index contributed by atoms with van der Waals surface area (Å²) in [5.74, 6) is -0.0354. The molecule has 0 saturated carbocycles. The van der Waals surface area contributed by atoms with Crippen LogP contribution in [-0.4, -0.2) is 32.9 Å². The number of ether oxygens (including phenoxy) is 1. The van der Waals surface area contributed by atoms with Crippen LogP contribution in [-0.2, 0) is 23.0 Å². The number of benzene rings is 2. The van der Waals surface area contributed by atoms with E-state index in [-0.39, 0.29) is 16.6 Å². The monoisotopic (exact) mass is 360 g/mol. The Hall–Kier alpha value is -2.38. The molecule has 0 aliphatic carbocycles. The van der Waals surface area contributed by atoms with Crippen LogP contribution < -0.4 is 9.88 Å². The zero-order valence-electron chi connectivity index (χ0n) is 13.9. The number of carbonyl (C=O) groups excluding carboxylic acids is 1. The van der Waals surface area contributed by atoms with Crippen molar-refractivity contribution in [3.63, 3.8) is 0 Å². The average Bonchev–Trinajstić information content (AvgIpc) is 2.73. The van der Waals surface area contributed by atoms with Crippen molar-refractivity contribution in [1.82, 2.24) is 4.90 Å². The maximum Gasteiger partial charge on any atom is 0.254 e. The van der Waals surface area contributed by atoms with Gasteiger partial charge in [0.15, 0.2) is 0 Å². The van der Waals surface area contributed by atoms with Gasteiger partial charge in [-0.2, -0.15) is 0 Å². The van der Waals surface area contributed by atoms with E-state index in [0.717, 1.165) is 12.0 Å². The van der Waals surface area contributed by atoms with Gasteiger partial charge < -0.3 is 9.64 Å². The molecule has 3 rings (SSSR count). The Labute approximate surface area is 147 Å². The van der Waals surface area contributed by atoms with E-state index < -0.39 is 10.0 Å². The van der Waals surface area contributed by atoms with E-state index in [1.54, 1.807) is 4.90 Å². The van der Waals surface area contributed by atoms with Gasteiger partial charge in [-0.1, -0.05) is 30.3 Å². The standard InChI is InChI=1S/C18H20N2O4S/c1-24-16-11-15-14(10-17(16)25(19,22)23)8-5-9-20(18(15)21)12-13-6-3-2-4-7-13/h2-4,6-7,10-11H,5,8-9,12H2,1H3,(H2,19,22,23). The second-order valence-corrected chi connectivity index (χ2v) is 7.55. The van der Waals surface area contributed by atoms with Crippen LogP contribution in [0.3, 0.4) is 0 Å². The summed E-state index contributed by atoms with van der Waals surface area (Å²) in [4.78, 5) is 14.6. The van der Waals surface area contributed by atoms with Crippen LogP contribution in [0.25, 0.3) is 0 Å². The maximum absolute atomic E-state index is 13.0. The molecule has 0 fully saturated rings. The molecule has 0 bridgehead atoms. The fourth-order valence-corrected chi connectivity index (χ4v) is 3.81. The van der Waals surface area contributed by atoms with Crippen LogP contribution in [0.4, 0.5) is 0 Å². The van der Waals surface area contributed by atoms with E-state index in [4.69, 9.17) is 9.88 Å². The number of carbonyl (C=O) groups is 1. The molecule has 6 nitrogen and oxygen atoms in total. The first-order valence-corrected chi connectivity index (χ1v) is 9.51. The SMILES string of the molecule is COc1cc2c(cc1S(N)(=O)=O)CCCN(Cc1ccccc1)C2=O. The molecule has 2 aromatic carbocycles. The van der Waals surface area contributed by atoms with Gasteiger partial charge in [-0.25, -0.2) is 13.6 Å². The number of nitrogens with two attached hydrogens (primary N) is 1. The topological polar surface area (TPSA) is 89.7 Å². The van der Waals surface area contributed by atoms with Gasteiger partial charge in [-0.05, 0) is 36.1 Å². The van der Waals surface area contributed by atoms with Crippen molar-refractivity contribution >= 4 is 15.9 Å². The Morgan fingerprint density at radius 1 is 1.20 bits per heavy atom. The molecular formula is C18H20N2O4S. The lowest BCUT2D eigenvalue weighted by Crippen LogP contribution is -2.30. The Morgan fingerprint density at radius 3 is 2.56 bits per heavy atom. The van der Waals surface area contributed by atoms with E-state index in [0.29, 0.717) is 30.6 Å². The largest absolute Gasteiger partial charge is 0.495 e. The van der Waals surface area contributed by atoms with Crippen molar-refractivity contribution in [3.05, 3.63) is 59.2 Å². The Bertz CT molecular complexity index is 895. The highest BCUT2D eigenvalue weighted by atomic mass is 32.2. The zero-order chi connectivity index (χ0) is 18.0. The van der Waals surface area contributed by atoms with Gasteiger partial charge in [0.1, 0.15) is 10.6 Å². The van der Waals surface area contributed by atoms with Gasteiger partial charge in [0.05, 0.1) is 7.11 Å². The highest BCUT2D eigenvalue weighted by Crippen LogP contribution is 2.30. The summed E-state index contributed by atoms with van der Waals surface area (Å²) in [6.07, 6.45) is 1.36. The minimum atomic E-state index is -3.92. The Kier molecular flexibility index (Phi) is 4.78. The van der Waals surface area contributed by atoms with Gasteiger partial charge in [0, 0.05) is 18.7 Å². The molecule has 1 aliphatic heterocycles. The smallest absolute Gasteiger partial charge is 0.254 e. The number of primary sulfonamides is 1. The van der Waals surface area contributed by atoms with E-state index in [2.05, 4.69) is 0 Å². The van der Waals surface area contributed by atoms with E-state index >= 15 is 0 Å². The normalized spacial score (nSPS) is 14.8. The molecule has 2 aromatic rings. The fourth-order valence-electron chi connectivity index (χ4n) is 3.08. The number of nitrogens with zero attached hydrogens (tertiary/aromatic N) is 1. The van der Waals surface area contributed by atoms with Crippen molar-refractivity contribution in [2.45, 2.75) is 24.3 Å². The highest BCUT2D eigenvalue weighted by molar-refractivity contribution is 7.89. The summed E-state index contributed by atoms with van der Waals surface area (Å²) in [5.41, 5.74) is 2.20. The first-order chi connectivity index (χ1) is 11.9. The molecule has 25 heavy (non-hydrogen) atoms. The molecule has 1 amide bonds. The number of hydrogen-bond acceptors (Lipinski definition) is 4. The molecule has 0 aromatic heterocycles. The second-order valence-electron chi connectivity index (χ2n) is 6.02. The molecule has 7 heteroatoms. The van der Waals surface area contributed by atoms with Crippen LogP contribution in [0.15, 0.2) is 47.4 Å². The molecule has 0 radical (unpaired) electrons. The minimum absolute atomic E-state index is 0.0851. The number of fused-ring (bicyclic) bond motifs is 1. The summed E-state index contributed by atoms with van der Waals surface area (Å²) in [7, 11) is -2.56. The molecular weight excluding hydrogens is 340 g/mol. The Balaban J connectivity index is 2.00. The van der Waals surface area contributed by atoms with E-state index in [1.165, 1.54) is 19.2 Å². The third kappa shape index (κ3) is 3.67. The van der Waals surface area contributed by atoms with Crippen LogP contribution in [0, 0.1) is 0 Å². The first-order valence-electron chi connectivity index (χ1n) is 7.97. The third-order valence-corrected chi connectivity index (χ3v) is 5.24.